The Morgan fingerprint density at radius 1 is 1.42 bits per heavy atom. The zero-order chi connectivity index (χ0) is 14.5. The van der Waals surface area contributed by atoms with Crippen LogP contribution < -0.4 is 0 Å². The van der Waals surface area contributed by atoms with Crippen molar-refractivity contribution < 1.29 is 9.90 Å². The van der Waals surface area contributed by atoms with Gasteiger partial charge in [-0.2, -0.15) is 11.8 Å². The predicted octanol–water partition coefficient (Wildman–Crippen LogP) is 4.51. The van der Waals surface area contributed by atoms with E-state index >= 15 is 0 Å². The van der Waals surface area contributed by atoms with E-state index in [2.05, 4.69) is 20.8 Å². The summed E-state index contributed by atoms with van der Waals surface area (Å²) in [6.07, 6.45) is 1.23. The minimum absolute atomic E-state index is 0.180. The maximum Gasteiger partial charge on any atom is 0.306 e. The number of carbonyl (C=O) groups is 1. The van der Waals surface area contributed by atoms with E-state index in [1.165, 1.54) is 0 Å². The lowest BCUT2D eigenvalue weighted by Crippen LogP contribution is -2.19. The quantitative estimate of drug-likeness (QED) is 0.840. The summed E-state index contributed by atoms with van der Waals surface area (Å²) in [5, 5.41) is 9.95. The normalized spacial score (nSPS) is 13.3. The van der Waals surface area contributed by atoms with Crippen LogP contribution in [0.5, 0.6) is 0 Å². The number of hydrogen-bond acceptors (Lipinski definition) is 2. The molecule has 106 valence electrons. The number of rotatable bonds is 6. The molecule has 0 radical (unpaired) electrons. The van der Waals surface area contributed by atoms with Gasteiger partial charge in [0.25, 0.3) is 0 Å². The van der Waals surface area contributed by atoms with Crippen LogP contribution in [0, 0.1) is 5.92 Å². The summed E-state index contributed by atoms with van der Waals surface area (Å²) in [7, 11) is 0. The molecule has 4 heteroatoms. The van der Waals surface area contributed by atoms with Gasteiger partial charge in [0.15, 0.2) is 0 Å². The minimum atomic E-state index is -0.727. The smallest absolute Gasteiger partial charge is 0.306 e. The van der Waals surface area contributed by atoms with E-state index in [4.69, 9.17) is 11.6 Å². The van der Waals surface area contributed by atoms with Gasteiger partial charge in [-0.1, -0.05) is 44.5 Å². The third-order valence-electron chi connectivity index (χ3n) is 2.72. The van der Waals surface area contributed by atoms with Crippen molar-refractivity contribution in [1.82, 2.24) is 0 Å². The van der Waals surface area contributed by atoms with E-state index in [1.54, 1.807) is 17.8 Å². The number of halogens is 1. The topological polar surface area (TPSA) is 37.3 Å². The van der Waals surface area contributed by atoms with Crippen molar-refractivity contribution in [2.75, 3.05) is 5.75 Å². The predicted molar refractivity (Wildman–Crippen MR) is 83.1 cm³/mol. The van der Waals surface area contributed by atoms with Crippen LogP contribution in [0.4, 0.5) is 0 Å². The Morgan fingerprint density at radius 3 is 2.63 bits per heavy atom. The molecule has 1 rings (SSSR count). The Morgan fingerprint density at radius 2 is 2.11 bits per heavy atom. The molecule has 0 aliphatic heterocycles. The van der Waals surface area contributed by atoms with Gasteiger partial charge in [0.2, 0.25) is 0 Å². The van der Waals surface area contributed by atoms with Crippen LogP contribution in [-0.4, -0.2) is 21.6 Å². The molecule has 0 saturated carbocycles. The maximum atomic E-state index is 11.3. The third-order valence-corrected chi connectivity index (χ3v) is 4.26. The van der Waals surface area contributed by atoms with Gasteiger partial charge in [0, 0.05) is 9.77 Å². The molecule has 1 atom stereocenters. The molecule has 1 N–H and O–H groups in total. The van der Waals surface area contributed by atoms with Gasteiger partial charge in [0.1, 0.15) is 0 Å². The summed E-state index contributed by atoms with van der Waals surface area (Å²) < 4.78 is 0.180. The van der Waals surface area contributed by atoms with Crippen LogP contribution in [0.1, 0.15) is 32.8 Å². The summed E-state index contributed by atoms with van der Waals surface area (Å²) in [5.41, 5.74) is 0.987. The van der Waals surface area contributed by atoms with E-state index in [0.717, 1.165) is 11.3 Å². The van der Waals surface area contributed by atoms with Gasteiger partial charge in [-0.3, -0.25) is 4.79 Å². The molecular weight excluding hydrogens is 280 g/mol. The summed E-state index contributed by atoms with van der Waals surface area (Å²) >= 11 is 7.72. The molecule has 0 fully saturated rings. The first kappa shape index (κ1) is 16.4. The summed E-state index contributed by atoms with van der Waals surface area (Å²) in [6.45, 7) is 6.43. The molecule has 0 aliphatic carbocycles. The second kappa shape index (κ2) is 7.20. The van der Waals surface area contributed by atoms with E-state index < -0.39 is 5.97 Å². The Bertz CT molecular complexity index is 426. The van der Waals surface area contributed by atoms with Crippen LogP contribution in [-0.2, 0) is 11.2 Å². The van der Waals surface area contributed by atoms with Crippen molar-refractivity contribution in [1.29, 1.82) is 0 Å². The van der Waals surface area contributed by atoms with E-state index in [9.17, 15) is 9.90 Å². The second-order valence-electron chi connectivity index (χ2n) is 5.62. The molecule has 0 saturated heterocycles. The van der Waals surface area contributed by atoms with Crippen molar-refractivity contribution in [2.24, 2.45) is 5.92 Å². The fourth-order valence-electron chi connectivity index (χ4n) is 1.77. The van der Waals surface area contributed by atoms with Crippen LogP contribution in [0.15, 0.2) is 24.3 Å². The number of carboxylic acids is 1. The van der Waals surface area contributed by atoms with Crippen molar-refractivity contribution in [2.45, 2.75) is 38.4 Å². The highest BCUT2D eigenvalue weighted by Crippen LogP contribution is 2.26. The lowest BCUT2D eigenvalue weighted by atomic mass is 9.97. The van der Waals surface area contributed by atoms with E-state index in [1.807, 2.05) is 18.2 Å². The van der Waals surface area contributed by atoms with Gasteiger partial charge >= 0.3 is 5.97 Å². The van der Waals surface area contributed by atoms with Gasteiger partial charge in [-0.05, 0) is 36.3 Å². The van der Waals surface area contributed by atoms with Gasteiger partial charge in [-0.25, -0.2) is 0 Å². The number of aliphatic carboxylic acids is 1. The Balaban J connectivity index is 2.56. The highest BCUT2D eigenvalue weighted by atomic mass is 35.5. The van der Waals surface area contributed by atoms with Crippen LogP contribution in [0.3, 0.4) is 0 Å². The lowest BCUT2D eigenvalue weighted by Gasteiger charge is -2.19. The summed E-state index contributed by atoms with van der Waals surface area (Å²) in [4.78, 5) is 11.3. The molecule has 19 heavy (non-hydrogen) atoms. The standard InChI is InChI=1S/C15H21ClO2S/c1-15(2,3)19-8-7-12(14(17)18)9-11-5-4-6-13(16)10-11/h4-6,10,12H,7-9H2,1-3H3,(H,17,18). The first-order chi connectivity index (χ1) is 8.78. The molecule has 0 heterocycles. The zero-order valence-electron chi connectivity index (χ0n) is 11.6. The first-order valence-corrected chi connectivity index (χ1v) is 7.75. The third kappa shape index (κ3) is 6.88. The summed E-state index contributed by atoms with van der Waals surface area (Å²) in [6, 6.07) is 7.43. The molecule has 2 nitrogen and oxygen atoms in total. The largest absolute Gasteiger partial charge is 0.481 e. The molecular formula is C15H21ClO2S. The molecule has 1 aromatic rings. The Hall–Kier alpha value is -0.670. The minimum Gasteiger partial charge on any atom is -0.481 e. The molecule has 0 amide bonds. The van der Waals surface area contributed by atoms with Gasteiger partial charge < -0.3 is 5.11 Å². The molecule has 0 aliphatic rings. The van der Waals surface area contributed by atoms with Crippen molar-refractivity contribution in [3.8, 4) is 0 Å². The number of hydrogen-bond donors (Lipinski definition) is 1. The highest BCUT2D eigenvalue weighted by molar-refractivity contribution is 8.00. The molecule has 0 aromatic heterocycles. The number of thioether (sulfide) groups is 1. The van der Waals surface area contributed by atoms with Crippen LogP contribution >= 0.6 is 23.4 Å². The SMILES string of the molecule is CC(C)(C)SCCC(Cc1cccc(Cl)c1)C(=O)O. The monoisotopic (exact) mass is 300 g/mol. The lowest BCUT2D eigenvalue weighted by molar-refractivity contribution is -0.141. The van der Waals surface area contributed by atoms with E-state index in [0.29, 0.717) is 17.9 Å². The fraction of sp³-hybridized carbons (Fsp3) is 0.533. The summed E-state index contributed by atoms with van der Waals surface area (Å²) in [5.74, 6) is -0.205. The highest BCUT2D eigenvalue weighted by Gasteiger charge is 2.19. The fourth-order valence-corrected chi connectivity index (χ4v) is 3.00. The van der Waals surface area contributed by atoms with Crippen molar-refractivity contribution in [3.05, 3.63) is 34.9 Å². The van der Waals surface area contributed by atoms with Crippen LogP contribution in [0.25, 0.3) is 0 Å². The average Bonchev–Trinajstić information content (AvgIpc) is 2.26. The van der Waals surface area contributed by atoms with E-state index in [-0.39, 0.29) is 10.7 Å². The molecule has 1 aromatic carbocycles. The molecule has 1 unspecified atom stereocenters. The van der Waals surface area contributed by atoms with Crippen molar-refractivity contribution in [3.63, 3.8) is 0 Å². The second-order valence-corrected chi connectivity index (χ2v) is 7.98. The average molecular weight is 301 g/mol. The van der Waals surface area contributed by atoms with Crippen LogP contribution in [0.2, 0.25) is 5.02 Å². The number of carboxylic acid groups (broad SMARTS) is 1. The maximum absolute atomic E-state index is 11.3. The Kier molecular flexibility index (Phi) is 6.21. The van der Waals surface area contributed by atoms with Gasteiger partial charge in [-0.15, -0.1) is 0 Å². The molecule has 0 spiro atoms. The van der Waals surface area contributed by atoms with Gasteiger partial charge in [0.05, 0.1) is 5.92 Å². The first-order valence-electron chi connectivity index (χ1n) is 6.39. The number of benzene rings is 1. The Labute approximate surface area is 124 Å². The zero-order valence-corrected chi connectivity index (χ0v) is 13.2. The van der Waals surface area contributed by atoms with Crippen molar-refractivity contribution >= 4 is 29.3 Å². The molecule has 0 bridgehead atoms.